The van der Waals surface area contributed by atoms with Crippen molar-refractivity contribution in [3.05, 3.63) is 11.6 Å². The molecule has 8 unspecified atom stereocenters. The van der Waals surface area contributed by atoms with Gasteiger partial charge in [-0.1, -0.05) is 39.3 Å². The molecule has 9 rings (SSSR count). The Bertz CT molecular complexity index is 1710. The average molecular weight is 899 g/mol. The molecule has 0 aromatic carbocycles. The summed E-state index contributed by atoms with van der Waals surface area (Å²) < 4.78 is 50.5. The molecule has 9 N–H and O–H groups in total. The maximum absolute atomic E-state index is 12.4. The Balaban J connectivity index is 0.970. The maximum atomic E-state index is 12.4. The lowest BCUT2D eigenvalue weighted by atomic mass is 9.35. The molecule has 17 nitrogen and oxygen atoms in total. The minimum Gasteiger partial charge on any atom is -0.394 e. The molecule has 2 spiro atoms. The van der Waals surface area contributed by atoms with Gasteiger partial charge in [-0.2, -0.15) is 0 Å². The van der Waals surface area contributed by atoms with Crippen molar-refractivity contribution in [2.75, 3.05) is 33.0 Å². The number of rotatable bonds is 9. The molecule has 5 heterocycles. The smallest absolute Gasteiger partial charge is 0.187 e. The third-order valence-electron chi connectivity index (χ3n) is 18.7. The Hall–Kier alpha value is -0.940. The molecule has 0 aromatic rings. The normalized spacial score (nSPS) is 57.2. The fourth-order valence-electron chi connectivity index (χ4n) is 15.5. The highest BCUT2D eigenvalue weighted by atomic mass is 16.8. The van der Waals surface area contributed by atoms with Crippen molar-refractivity contribution in [2.24, 2.45) is 51.2 Å². The Morgan fingerprint density at radius 1 is 0.683 bits per heavy atom. The van der Waals surface area contributed by atoms with Gasteiger partial charge in [0, 0.05) is 23.7 Å². The van der Waals surface area contributed by atoms with Crippen LogP contribution in [-0.2, 0) is 37.9 Å². The van der Waals surface area contributed by atoms with Crippen molar-refractivity contribution in [3.8, 4) is 0 Å². The van der Waals surface area contributed by atoms with E-state index in [0.29, 0.717) is 25.6 Å². The van der Waals surface area contributed by atoms with Gasteiger partial charge >= 0.3 is 0 Å². The van der Waals surface area contributed by atoms with Crippen molar-refractivity contribution in [1.29, 1.82) is 0 Å². The van der Waals surface area contributed by atoms with Crippen LogP contribution in [0.4, 0.5) is 0 Å². The molecule has 17 heteroatoms. The molecular weight excluding hydrogens is 824 g/mol. The van der Waals surface area contributed by atoms with Crippen LogP contribution in [0.1, 0.15) is 93.4 Å². The Morgan fingerprint density at radius 2 is 1.32 bits per heavy atom. The molecule has 4 aliphatic carbocycles. The number of hydrogen-bond acceptors (Lipinski definition) is 17. The summed E-state index contributed by atoms with van der Waals surface area (Å²) in [7, 11) is 0. The van der Waals surface area contributed by atoms with Crippen LogP contribution in [0.2, 0.25) is 0 Å². The van der Waals surface area contributed by atoms with Crippen molar-refractivity contribution in [3.63, 3.8) is 0 Å². The van der Waals surface area contributed by atoms with E-state index in [2.05, 4.69) is 47.6 Å². The third kappa shape index (κ3) is 6.95. The highest BCUT2D eigenvalue weighted by molar-refractivity contribution is 5.27. The summed E-state index contributed by atoms with van der Waals surface area (Å²) in [6.45, 7) is 15.1. The van der Waals surface area contributed by atoms with Gasteiger partial charge in [-0.25, -0.2) is 0 Å². The molecule has 24 atom stereocenters. The second kappa shape index (κ2) is 16.4. The highest BCUT2D eigenvalue weighted by Gasteiger charge is 2.81. The van der Waals surface area contributed by atoms with Gasteiger partial charge in [0.1, 0.15) is 61.0 Å². The van der Waals surface area contributed by atoms with Gasteiger partial charge in [-0.05, 0) is 93.3 Å². The van der Waals surface area contributed by atoms with Crippen LogP contribution < -0.4 is 0 Å². The van der Waals surface area contributed by atoms with E-state index in [0.717, 1.165) is 44.1 Å². The summed E-state index contributed by atoms with van der Waals surface area (Å²) in [6.07, 6.45) is -11.3. The van der Waals surface area contributed by atoms with Crippen molar-refractivity contribution in [1.82, 2.24) is 0 Å². The zero-order valence-electron chi connectivity index (χ0n) is 37.8. The van der Waals surface area contributed by atoms with Crippen LogP contribution in [-0.4, -0.2) is 176 Å². The van der Waals surface area contributed by atoms with Crippen LogP contribution in [0.25, 0.3) is 0 Å². The topological polar surface area (TPSA) is 256 Å². The summed E-state index contributed by atoms with van der Waals surface area (Å²) in [5, 5.41) is 96.9. The van der Waals surface area contributed by atoms with Gasteiger partial charge in [0.25, 0.3) is 0 Å². The number of aliphatic hydroxyl groups excluding tert-OH is 8. The SMILES string of the molecule is CC(C)=C[C@H]1CO[C@]23C[C@]4(CO2)C(CCC2[C@@]5(C)CC[C@H](O[C@@H]6OC[C@H](O)[C@@H](O[C@@H]7OC(CO)[C@@H](O)[C@@H](O)C7O)C6O[C@@H]6O[C@@H](CO)[C@@H](O)C6O)C(C)(C)C5CC[C@]24C)C3[C@@]1(C)O. The first-order valence-corrected chi connectivity index (χ1v) is 23.4. The first-order chi connectivity index (χ1) is 29.6. The molecule has 5 aliphatic heterocycles. The molecule has 9 aliphatic rings. The summed E-state index contributed by atoms with van der Waals surface area (Å²) in [4.78, 5) is 0. The number of aliphatic hydroxyl groups is 9. The van der Waals surface area contributed by atoms with Gasteiger partial charge in [-0.3, -0.25) is 0 Å². The van der Waals surface area contributed by atoms with Crippen LogP contribution in [0, 0.1) is 51.2 Å². The molecule has 4 saturated carbocycles. The number of fused-ring (bicyclic) bond motifs is 4. The van der Waals surface area contributed by atoms with E-state index in [4.69, 9.17) is 37.9 Å². The summed E-state index contributed by atoms with van der Waals surface area (Å²) in [5.74, 6) is -0.140. The second-order valence-electron chi connectivity index (χ2n) is 22.4. The lowest BCUT2D eigenvalue weighted by molar-refractivity contribution is -0.375. The van der Waals surface area contributed by atoms with Crippen molar-refractivity contribution < 1.29 is 83.9 Å². The van der Waals surface area contributed by atoms with Gasteiger partial charge in [-0.15, -0.1) is 0 Å². The van der Waals surface area contributed by atoms with E-state index in [1.807, 2.05) is 6.92 Å². The van der Waals surface area contributed by atoms with E-state index in [9.17, 15) is 46.0 Å². The molecular formula is C46H74O17. The Morgan fingerprint density at radius 3 is 1.97 bits per heavy atom. The minimum atomic E-state index is -1.79. The lowest BCUT2D eigenvalue weighted by Crippen LogP contribution is -2.68. The number of ether oxygens (including phenoxy) is 8. The van der Waals surface area contributed by atoms with Crippen molar-refractivity contribution >= 4 is 0 Å². The molecule has 9 fully saturated rings. The van der Waals surface area contributed by atoms with E-state index in [1.54, 1.807) is 0 Å². The van der Waals surface area contributed by atoms with E-state index < -0.39 is 110 Å². The standard InChI is InChI=1S/C46H74O17/c1-21(2)14-22-17-57-46-19-45(20-58-46)23(37(46)44(22,7)55)8-9-28-42(5)12-11-29(41(3,4)27(42)10-13-43(28,45)6)61-40-36(63-38-33(53)31(51)26(16-48)60-38)35(24(49)18-56-40)62-39-34(54)32(52)30(50)25(15-47)59-39/h14,22-40,47-55H,8-13,15-20H2,1-7H3/t22-,23?,24-,25?,26-,27?,28?,29-,30+,31+,32+,33?,34?,35+,36?,37?,38-,39-,40-,42-,43+,44-,45-,46+/m0/s1. The molecule has 360 valence electrons. The van der Waals surface area contributed by atoms with Crippen LogP contribution in [0.15, 0.2) is 11.6 Å². The largest absolute Gasteiger partial charge is 0.394 e. The monoisotopic (exact) mass is 898 g/mol. The zero-order valence-corrected chi connectivity index (χ0v) is 37.8. The van der Waals surface area contributed by atoms with Gasteiger partial charge in [0.15, 0.2) is 24.7 Å². The maximum Gasteiger partial charge on any atom is 0.187 e. The minimum absolute atomic E-state index is 0.0626. The molecule has 2 bridgehead atoms. The number of allylic oxidation sites excluding steroid dienone is 1. The van der Waals surface area contributed by atoms with Crippen LogP contribution in [0.3, 0.4) is 0 Å². The molecule has 0 radical (unpaired) electrons. The first kappa shape index (κ1) is 47.1. The highest BCUT2D eigenvalue weighted by Crippen LogP contribution is 2.80. The van der Waals surface area contributed by atoms with E-state index >= 15 is 0 Å². The molecule has 0 amide bonds. The van der Waals surface area contributed by atoms with Crippen molar-refractivity contribution in [2.45, 2.75) is 191 Å². The van der Waals surface area contributed by atoms with Gasteiger partial charge in [0.05, 0.1) is 44.7 Å². The zero-order chi connectivity index (χ0) is 45.4. The molecule has 63 heavy (non-hydrogen) atoms. The van der Waals surface area contributed by atoms with Gasteiger partial charge < -0.3 is 83.9 Å². The average Bonchev–Trinajstić information content (AvgIpc) is 3.85. The lowest BCUT2D eigenvalue weighted by Gasteiger charge is -2.70. The Labute approximate surface area is 369 Å². The number of hydrogen-bond donors (Lipinski definition) is 9. The first-order valence-electron chi connectivity index (χ1n) is 23.4. The molecule has 5 saturated heterocycles. The second-order valence-corrected chi connectivity index (χ2v) is 22.4. The summed E-state index contributed by atoms with van der Waals surface area (Å²) >= 11 is 0. The molecule has 0 aromatic heterocycles. The summed E-state index contributed by atoms with van der Waals surface area (Å²) in [6, 6.07) is 0. The Kier molecular flexibility index (Phi) is 12.2. The van der Waals surface area contributed by atoms with Crippen LogP contribution in [0.5, 0.6) is 0 Å². The van der Waals surface area contributed by atoms with Gasteiger partial charge in [0.2, 0.25) is 0 Å². The van der Waals surface area contributed by atoms with Crippen LogP contribution >= 0.6 is 0 Å². The predicted molar refractivity (Wildman–Crippen MR) is 219 cm³/mol. The third-order valence-corrected chi connectivity index (χ3v) is 18.7. The predicted octanol–water partition coefficient (Wildman–Crippen LogP) is 0.463. The fourth-order valence-corrected chi connectivity index (χ4v) is 15.5. The van der Waals surface area contributed by atoms with E-state index in [1.165, 1.54) is 0 Å². The fraction of sp³-hybridized carbons (Fsp3) is 0.957. The quantitative estimate of drug-likeness (QED) is 0.113. The van der Waals surface area contributed by atoms with E-state index in [-0.39, 0.29) is 52.6 Å². The summed E-state index contributed by atoms with van der Waals surface area (Å²) in [5.41, 5.74) is -0.487.